The van der Waals surface area contributed by atoms with Crippen molar-refractivity contribution < 1.29 is 0 Å². The van der Waals surface area contributed by atoms with Crippen molar-refractivity contribution in [1.29, 1.82) is 0 Å². The van der Waals surface area contributed by atoms with Gasteiger partial charge >= 0.3 is 0 Å². The van der Waals surface area contributed by atoms with Crippen molar-refractivity contribution in [2.24, 2.45) is 0 Å². The van der Waals surface area contributed by atoms with Crippen LogP contribution in [-0.4, -0.2) is 4.57 Å². The van der Waals surface area contributed by atoms with Crippen LogP contribution in [0.1, 0.15) is 17.5 Å². The van der Waals surface area contributed by atoms with Crippen LogP contribution >= 0.6 is 11.3 Å². The van der Waals surface area contributed by atoms with Gasteiger partial charge in [-0.05, 0) is 94.8 Å². The highest BCUT2D eigenvalue weighted by atomic mass is 32.1. The number of hydrogen-bond donors (Lipinski definition) is 0. The molecule has 2 heterocycles. The molecular weight excluding hydrogens is 575 g/mol. The SMILES string of the molecule is c1cccc(-c2cc3c4ccccc4n(-c4ccccc4)c3cc2-c2sc(-c3cccc(-c4ccccc4)c3)c3c2CCC=C3)c#1. The Morgan fingerprint density at radius 2 is 1.37 bits per heavy atom. The standard InChI is InChI=1S/C44H29NS/c1-4-15-30(16-5-1)32-19-14-20-33(27-32)43-36-24-10-11-25-37(36)44(46-43)40-29-42-39(28-38(40)31-17-6-2-7-18-31)35-23-12-13-26-41(35)45(42)34-21-8-3-9-22-34/h1-6,8-10,12-17,19-24,26-29H,11,25H2. The summed E-state index contributed by atoms with van der Waals surface area (Å²) in [5.41, 5.74) is 13.7. The van der Waals surface area contributed by atoms with Gasteiger partial charge in [0.2, 0.25) is 0 Å². The monoisotopic (exact) mass is 603 g/mol. The predicted molar refractivity (Wildman–Crippen MR) is 195 cm³/mol. The number of thiophene rings is 1. The maximum absolute atomic E-state index is 3.45. The lowest BCUT2D eigenvalue weighted by atomic mass is 9.90. The second kappa shape index (κ2) is 11.1. The first-order chi connectivity index (χ1) is 22.8. The third kappa shape index (κ3) is 4.40. The number of allylic oxidation sites excluding steroid dienone is 1. The van der Waals surface area contributed by atoms with Crippen LogP contribution < -0.4 is 0 Å². The normalized spacial score (nSPS) is 12.3. The summed E-state index contributed by atoms with van der Waals surface area (Å²) in [6, 6.07) is 56.9. The molecule has 216 valence electrons. The van der Waals surface area contributed by atoms with Crippen molar-refractivity contribution >= 4 is 39.2 Å². The number of fused-ring (bicyclic) bond motifs is 4. The molecule has 0 radical (unpaired) electrons. The van der Waals surface area contributed by atoms with Gasteiger partial charge in [-0.2, -0.15) is 0 Å². The summed E-state index contributed by atoms with van der Waals surface area (Å²) >= 11 is 1.93. The highest BCUT2D eigenvalue weighted by molar-refractivity contribution is 7.19. The van der Waals surface area contributed by atoms with Gasteiger partial charge in [0.25, 0.3) is 0 Å². The summed E-state index contributed by atoms with van der Waals surface area (Å²) in [4.78, 5) is 2.68. The van der Waals surface area contributed by atoms with Crippen LogP contribution in [0.2, 0.25) is 0 Å². The fraction of sp³-hybridized carbons (Fsp3) is 0.0455. The van der Waals surface area contributed by atoms with Gasteiger partial charge < -0.3 is 4.57 Å². The van der Waals surface area contributed by atoms with E-state index in [0.717, 1.165) is 18.4 Å². The van der Waals surface area contributed by atoms with Crippen molar-refractivity contribution in [3.63, 3.8) is 0 Å². The molecule has 0 amide bonds. The van der Waals surface area contributed by atoms with Crippen molar-refractivity contribution in [3.8, 4) is 48.8 Å². The Hall–Kier alpha value is -5.62. The number of hydrogen-bond acceptors (Lipinski definition) is 1. The van der Waals surface area contributed by atoms with Gasteiger partial charge in [0.05, 0.1) is 11.0 Å². The summed E-state index contributed by atoms with van der Waals surface area (Å²) in [5, 5.41) is 2.50. The number of benzene rings is 5. The Bertz CT molecular complexity index is 2390. The van der Waals surface area contributed by atoms with E-state index in [9.17, 15) is 0 Å². The lowest BCUT2D eigenvalue weighted by Gasteiger charge is -2.14. The summed E-state index contributed by atoms with van der Waals surface area (Å²) in [6.07, 6.45) is 6.76. The molecule has 0 atom stereocenters. The summed E-state index contributed by atoms with van der Waals surface area (Å²) in [6.45, 7) is 0. The minimum absolute atomic E-state index is 1.03. The Morgan fingerprint density at radius 3 is 2.22 bits per heavy atom. The zero-order valence-corrected chi connectivity index (χ0v) is 26.0. The molecule has 46 heavy (non-hydrogen) atoms. The Labute approximate surface area is 273 Å². The van der Waals surface area contributed by atoms with Crippen molar-refractivity contribution in [2.75, 3.05) is 0 Å². The van der Waals surface area contributed by atoms with E-state index in [-0.39, 0.29) is 0 Å². The zero-order valence-electron chi connectivity index (χ0n) is 25.2. The van der Waals surface area contributed by atoms with E-state index in [2.05, 4.69) is 162 Å². The highest BCUT2D eigenvalue weighted by Crippen LogP contribution is 2.49. The van der Waals surface area contributed by atoms with Gasteiger partial charge in [-0.15, -0.1) is 11.3 Å². The average Bonchev–Trinajstić information content (AvgIpc) is 3.68. The van der Waals surface area contributed by atoms with E-state index in [4.69, 9.17) is 0 Å². The summed E-state index contributed by atoms with van der Waals surface area (Å²) in [5.74, 6) is 0. The fourth-order valence-electron chi connectivity index (χ4n) is 7.03. The minimum Gasteiger partial charge on any atom is -0.309 e. The van der Waals surface area contributed by atoms with Crippen LogP contribution in [0.25, 0.3) is 76.7 Å². The Balaban J connectivity index is 1.33. The number of nitrogens with zero attached hydrogens (tertiary/aromatic N) is 1. The molecule has 0 aliphatic heterocycles. The van der Waals surface area contributed by atoms with Crippen LogP contribution in [0.15, 0.2) is 146 Å². The highest BCUT2D eigenvalue weighted by Gasteiger charge is 2.24. The molecule has 0 spiro atoms. The first kappa shape index (κ1) is 26.8. The van der Waals surface area contributed by atoms with Crippen LogP contribution in [0, 0.1) is 12.1 Å². The third-order valence-corrected chi connectivity index (χ3v) is 10.5. The molecule has 1 aliphatic carbocycles. The number of para-hydroxylation sites is 2. The van der Waals surface area contributed by atoms with Crippen LogP contribution in [0.3, 0.4) is 0 Å². The second-order valence-corrected chi connectivity index (χ2v) is 12.9. The topological polar surface area (TPSA) is 4.93 Å². The fourth-order valence-corrected chi connectivity index (χ4v) is 8.39. The molecule has 1 aliphatic rings. The summed E-state index contributed by atoms with van der Waals surface area (Å²) < 4.78 is 2.42. The van der Waals surface area contributed by atoms with E-state index in [0.29, 0.717) is 0 Å². The molecule has 1 nitrogen and oxygen atoms in total. The molecule has 9 rings (SSSR count). The van der Waals surface area contributed by atoms with Crippen LogP contribution in [-0.2, 0) is 6.42 Å². The van der Waals surface area contributed by atoms with Crippen molar-refractivity contribution in [3.05, 3.63) is 169 Å². The Kier molecular flexibility index (Phi) is 6.44. The molecule has 0 unspecified atom stereocenters. The van der Waals surface area contributed by atoms with Crippen molar-refractivity contribution in [2.45, 2.75) is 12.8 Å². The maximum atomic E-state index is 3.45. The molecule has 0 saturated heterocycles. The molecule has 0 bridgehead atoms. The molecule has 0 N–H and O–H groups in total. The van der Waals surface area contributed by atoms with E-state index in [1.54, 1.807) is 0 Å². The average molecular weight is 604 g/mol. The van der Waals surface area contributed by atoms with Gasteiger partial charge in [-0.25, -0.2) is 0 Å². The second-order valence-electron chi connectivity index (χ2n) is 11.9. The Morgan fingerprint density at radius 1 is 0.587 bits per heavy atom. The molecule has 0 fully saturated rings. The van der Waals surface area contributed by atoms with Gasteiger partial charge in [0.15, 0.2) is 0 Å². The first-order valence-corrected chi connectivity index (χ1v) is 16.6. The molecule has 8 aromatic rings. The van der Waals surface area contributed by atoms with E-state index in [1.807, 2.05) is 17.4 Å². The quantitative estimate of drug-likeness (QED) is 0.184. The zero-order chi connectivity index (χ0) is 30.5. The lowest BCUT2D eigenvalue weighted by Crippen LogP contribution is -1.96. The van der Waals surface area contributed by atoms with E-state index >= 15 is 0 Å². The largest absolute Gasteiger partial charge is 0.309 e. The molecule has 2 heteroatoms. The van der Waals surface area contributed by atoms with Gasteiger partial charge in [-0.1, -0.05) is 115 Å². The van der Waals surface area contributed by atoms with Gasteiger partial charge in [0.1, 0.15) is 0 Å². The number of rotatable bonds is 5. The van der Waals surface area contributed by atoms with Crippen LogP contribution in [0.5, 0.6) is 0 Å². The first-order valence-electron chi connectivity index (χ1n) is 15.8. The smallest absolute Gasteiger partial charge is 0.0547 e. The van der Waals surface area contributed by atoms with Crippen molar-refractivity contribution in [1.82, 2.24) is 4.57 Å². The molecule has 0 saturated carbocycles. The van der Waals surface area contributed by atoms with E-state index in [1.165, 1.54) is 76.2 Å². The lowest BCUT2D eigenvalue weighted by molar-refractivity contribution is 0.996. The maximum Gasteiger partial charge on any atom is 0.0547 e. The van der Waals surface area contributed by atoms with Gasteiger partial charge in [0, 0.05) is 37.3 Å². The van der Waals surface area contributed by atoms with Gasteiger partial charge in [-0.3, -0.25) is 0 Å². The number of aromatic nitrogens is 1. The molecule has 2 aromatic heterocycles. The van der Waals surface area contributed by atoms with E-state index < -0.39 is 0 Å². The predicted octanol–water partition coefficient (Wildman–Crippen LogP) is 12.1. The molecular formula is C44H29NS. The summed E-state index contributed by atoms with van der Waals surface area (Å²) in [7, 11) is 0. The minimum atomic E-state index is 1.03. The van der Waals surface area contributed by atoms with Crippen LogP contribution in [0.4, 0.5) is 0 Å². The third-order valence-electron chi connectivity index (χ3n) is 9.14. The molecule has 6 aromatic carbocycles.